The molecule has 154 valence electrons. The first-order valence-electron chi connectivity index (χ1n) is 9.28. The Kier molecular flexibility index (Phi) is 5.69. The lowest BCUT2D eigenvalue weighted by molar-refractivity contribution is -0.122. The fraction of sp³-hybridized carbons (Fsp3) is 0.136. The Labute approximate surface area is 179 Å². The largest absolute Gasteiger partial charge is 0.476 e. The molecule has 0 radical (unpaired) electrons. The van der Waals surface area contributed by atoms with Crippen LogP contribution < -0.4 is 14.4 Å². The fourth-order valence-corrected chi connectivity index (χ4v) is 5.30. The highest BCUT2D eigenvalue weighted by molar-refractivity contribution is 7.98. The van der Waals surface area contributed by atoms with Gasteiger partial charge in [0.2, 0.25) is 0 Å². The summed E-state index contributed by atoms with van der Waals surface area (Å²) in [5.74, 6) is -0.0548. The van der Waals surface area contributed by atoms with Gasteiger partial charge in [-0.3, -0.25) is 9.10 Å². The minimum Gasteiger partial charge on any atom is -0.476 e. The smallest absolute Gasteiger partial charge is 0.267 e. The summed E-state index contributed by atoms with van der Waals surface area (Å²) in [5.41, 5.74) is 1.07. The predicted molar refractivity (Wildman–Crippen MR) is 119 cm³/mol. The van der Waals surface area contributed by atoms with E-state index in [0.29, 0.717) is 17.1 Å². The fourth-order valence-electron chi connectivity index (χ4n) is 3.25. The number of thioether (sulfide) groups is 1. The van der Waals surface area contributed by atoms with Crippen LogP contribution in [0.25, 0.3) is 0 Å². The monoisotopic (exact) mass is 440 g/mol. The molecule has 0 fully saturated rings. The third-order valence-corrected chi connectivity index (χ3v) is 7.31. The Balaban J connectivity index is 1.67. The summed E-state index contributed by atoms with van der Waals surface area (Å²) in [5, 5.41) is 2.87. The number of carbonyl (C=O) groups is 1. The van der Waals surface area contributed by atoms with Gasteiger partial charge in [0.25, 0.3) is 15.9 Å². The lowest BCUT2D eigenvalue weighted by Crippen LogP contribution is -2.48. The molecule has 8 heteroatoms. The number of anilines is 2. The van der Waals surface area contributed by atoms with Gasteiger partial charge in [0, 0.05) is 4.90 Å². The molecular formula is C22H20N2O4S2. The van der Waals surface area contributed by atoms with E-state index in [2.05, 4.69) is 5.32 Å². The number of hydrogen-bond donors (Lipinski definition) is 1. The second kappa shape index (κ2) is 8.41. The van der Waals surface area contributed by atoms with Crippen molar-refractivity contribution >= 4 is 39.1 Å². The van der Waals surface area contributed by atoms with Gasteiger partial charge >= 0.3 is 0 Å². The lowest BCUT2D eigenvalue weighted by Gasteiger charge is -2.34. The molecular weight excluding hydrogens is 420 g/mol. The highest BCUT2D eigenvalue weighted by Crippen LogP contribution is 2.37. The van der Waals surface area contributed by atoms with Crippen LogP contribution in [0.1, 0.15) is 0 Å². The normalized spacial score (nSPS) is 15.8. The van der Waals surface area contributed by atoms with E-state index in [1.54, 1.807) is 48.5 Å². The number of ether oxygens (including phenoxy) is 1. The van der Waals surface area contributed by atoms with E-state index in [9.17, 15) is 13.2 Å². The van der Waals surface area contributed by atoms with Gasteiger partial charge in [0.05, 0.1) is 22.8 Å². The molecule has 30 heavy (non-hydrogen) atoms. The molecule has 0 aromatic heterocycles. The van der Waals surface area contributed by atoms with Gasteiger partial charge in [0.15, 0.2) is 6.10 Å². The van der Waals surface area contributed by atoms with Crippen LogP contribution in [0.15, 0.2) is 88.7 Å². The van der Waals surface area contributed by atoms with Crippen LogP contribution in [0.3, 0.4) is 0 Å². The molecule has 1 aliphatic rings. The minimum atomic E-state index is -3.86. The Bertz CT molecular complexity index is 1170. The summed E-state index contributed by atoms with van der Waals surface area (Å²) in [6, 6.07) is 22.4. The molecule has 3 aromatic carbocycles. The minimum absolute atomic E-state index is 0.124. The van der Waals surface area contributed by atoms with E-state index >= 15 is 0 Å². The van der Waals surface area contributed by atoms with E-state index in [0.717, 1.165) is 4.90 Å². The summed E-state index contributed by atoms with van der Waals surface area (Å²) in [6.07, 6.45) is 0.931. The first-order valence-corrected chi connectivity index (χ1v) is 11.9. The van der Waals surface area contributed by atoms with Crippen molar-refractivity contribution in [2.75, 3.05) is 22.4 Å². The van der Waals surface area contributed by atoms with Crippen molar-refractivity contribution in [1.82, 2.24) is 0 Å². The summed E-state index contributed by atoms with van der Waals surface area (Å²) in [6.45, 7) is -0.124. The van der Waals surface area contributed by atoms with Crippen molar-refractivity contribution in [3.05, 3.63) is 78.9 Å². The number of hydrogen-bond acceptors (Lipinski definition) is 5. The van der Waals surface area contributed by atoms with E-state index in [1.807, 2.05) is 24.5 Å². The number of para-hydroxylation sites is 3. The molecule has 1 N–H and O–H groups in total. The number of nitrogens with one attached hydrogen (secondary N) is 1. The molecule has 1 heterocycles. The number of sulfonamides is 1. The van der Waals surface area contributed by atoms with Gasteiger partial charge in [-0.05, 0) is 42.7 Å². The van der Waals surface area contributed by atoms with Crippen molar-refractivity contribution in [1.29, 1.82) is 0 Å². The van der Waals surface area contributed by atoms with Gasteiger partial charge in [-0.25, -0.2) is 8.42 Å². The van der Waals surface area contributed by atoms with Crippen LogP contribution in [0.5, 0.6) is 5.75 Å². The van der Waals surface area contributed by atoms with Crippen LogP contribution >= 0.6 is 11.8 Å². The molecule has 4 rings (SSSR count). The van der Waals surface area contributed by atoms with Crippen molar-refractivity contribution in [2.45, 2.75) is 15.9 Å². The van der Waals surface area contributed by atoms with Gasteiger partial charge in [-0.2, -0.15) is 0 Å². The van der Waals surface area contributed by atoms with Crippen LogP contribution in [-0.2, 0) is 14.8 Å². The maximum absolute atomic E-state index is 13.3. The molecule has 3 aromatic rings. The summed E-state index contributed by atoms with van der Waals surface area (Å²) < 4.78 is 33.7. The highest BCUT2D eigenvalue weighted by atomic mass is 32.2. The molecule has 0 saturated heterocycles. The van der Waals surface area contributed by atoms with Gasteiger partial charge in [-0.1, -0.05) is 42.5 Å². The van der Waals surface area contributed by atoms with E-state index in [-0.39, 0.29) is 11.4 Å². The molecule has 0 bridgehead atoms. The number of rotatable bonds is 5. The number of fused-ring (bicyclic) bond motifs is 1. The quantitative estimate of drug-likeness (QED) is 0.607. The number of amides is 1. The Morgan fingerprint density at radius 3 is 2.43 bits per heavy atom. The Morgan fingerprint density at radius 1 is 1.00 bits per heavy atom. The summed E-state index contributed by atoms with van der Waals surface area (Å²) in [4.78, 5) is 14.1. The van der Waals surface area contributed by atoms with Crippen LogP contribution in [-0.4, -0.2) is 33.2 Å². The topological polar surface area (TPSA) is 75.7 Å². The van der Waals surface area contributed by atoms with Crippen molar-refractivity contribution < 1.29 is 17.9 Å². The molecule has 1 aliphatic heterocycles. The summed E-state index contributed by atoms with van der Waals surface area (Å²) in [7, 11) is -3.86. The van der Waals surface area contributed by atoms with Crippen LogP contribution in [0.4, 0.5) is 11.4 Å². The summed E-state index contributed by atoms with van der Waals surface area (Å²) >= 11 is 1.51. The SMILES string of the molecule is CSc1ccccc1NC(=O)[C@H]1CN(S(=O)(=O)c2ccccc2)c2ccccc2O1. The number of benzene rings is 3. The molecule has 0 spiro atoms. The van der Waals surface area contributed by atoms with Crippen LogP contribution in [0.2, 0.25) is 0 Å². The first-order chi connectivity index (χ1) is 14.5. The van der Waals surface area contributed by atoms with E-state index < -0.39 is 22.0 Å². The van der Waals surface area contributed by atoms with E-state index in [4.69, 9.17) is 4.74 Å². The third-order valence-electron chi connectivity index (χ3n) is 4.72. The molecule has 0 aliphatic carbocycles. The number of nitrogens with zero attached hydrogens (tertiary/aromatic N) is 1. The van der Waals surface area contributed by atoms with E-state index in [1.165, 1.54) is 28.2 Å². The van der Waals surface area contributed by atoms with Crippen molar-refractivity contribution in [3.8, 4) is 5.75 Å². The second-order valence-corrected chi connectivity index (χ2v) is 9.32. The molecule has 0 unspecified atom stereocenters. The zero-order chi connectivity index (χ0) is 21.1. The zero-order valence-corrected chi connectivity index (χ0v) is 17.8. The first kappa shape index (κ1) is 20.3. The molecule has 1 amide bonds. The Morgan fingerprint density at radius 2 is 1.67 bits per heavy atom. The molecule has 1 atom stereocenters. The van der Waals surface area contributed by atoms with Crippen molar-refractivity contribution in [2.24, 2.45) is 0 Å². The van der Waals surface area contributed by atoms with Crippen LogP contribution in [0, 0.1) is 0 Å². The van der Waals surface area contributed by atoms with Crippen molar-refractivity contribution in [3.63, 3.8) is 0 Å². The zero-order valence-electron chi connectivity index (χ0n) is 16.2. The molecule has 6 nitrogen and oxygen atoms in total. The standard InChI is InChI=1S/C22H20N2O4S2/c1-29-21-14-8-5-11-17(21)23-22(25)20-15-24(18-12-6-7-13-19(18)28-20)30(26,27)16-9-3-2-4-10-16/h2-14,20H,15H2,1H3,(H,23,25)/t20-/m1/s1. The average Bonchev–Trinajstić information content (AvgIpc) is 2.79. The van der Waals surface area contributed by atoms with Gasteiger partial charge in [0.1, 0.15) is 5.75 Å². The Hall–Kier alpha value is -2.97. The maximum Gasteiger partial charge on any atom is 0.267 e. The van der Waals surface area contributed by atoms with Gasteiger partial charge in [-0.15, -0.1) is 11.8 Å². The third kappa shape index (κ3) is 3.88. The average molecular weight is 441 g/mol. The maximum atomic E-state index is 13.3. The second-order valence-electron chi connectivity index (χ2n) is 6.61. The number of carbonyl (C=O) groups excluding carboxylic acids is 1. The molecule has 0 saturated carbocycles. The highest BCUT2D eigenvalue weighted by Gasteiger charge is 2.37. The predicted octanol–water partition coefficient (Wildman–Crippen LogP) is 4.00. The van der Waals surface area contributed by atoms with Gasteiger partial charge < -0.3 is 10.1 Å². The lowest BCUT2D eigenvalue weighted by atomic mass is 10.2.